The zero-order valence-electron chi connectivity index (χ0n) is 15.1. The monoisotopic (exact) mass is 344 g/mol. The molecule has 0 bridgehead atoms. The number of oxazole rings is 1. The number of rotatable bonds is 4. The first-order chi connectivity index (χ1) is 11.9. The third kappa shape index (κ3) is 3.91. The minimum atomic E-state index is -0.442. The van der Waals surface area contributed by atoms with Gasteiger partial charge in [0.15, 0.2) is 17.3 Å². The van der Waals surface area contributed by atoms with Crippen molar-refractivity contribution < 1.29 is 18.7 Å². The second kappa shape index (κ2) is 6.98. The Morgan fingerprint density at radius 1 is 1.36 bits per heavy atom. The molecule has 25 heavy (non-hydrogen) atoms. The van der Waals surface area contributed by atoms with Crippen molar-refractivity contribution in [3.8, 4) is 11.3 Å². The quantitative estimate of drug-likeness (QED) is 0.853. The summed E-state index contributed by atoms with van der Waals surface area (Å²) in [5.74, 6) is 0.840. The van der Waals surface area contributed by atoms with Gasteiger partial charge in [0.1, 0.15) is 0 Å². The van der Waals surface area contributed by atoms with Crippen LogP contribution in [0.5, 0.6) is 0 Å². The normalized spacial score (nSPS) is 19.8. The van der Waals surface area contributed by atoms with Crippen molar-refractivity contribution in [1.29, 1.82) is 0 Å². The smallest absolute Gasteiger partial charge is 0.276 e. The summed E-state index contributed by atoms with van der Waals surface area (Å²) in [6.07, 6.45) is -0.161. The molecule has 1 saturated heterocycles. The fourth-order valence-corrected chi connectivity index (χ4v) is 3.23. The van der Waals surface area contributed by atoms with Gasteiger partial charge in [-0.05, 0) is 13.8 Å². The molecule has 1 atom stereocenters. The van der Waals surface area contributed by atoms with E-state index in [1.54, 1.807) is 18.9 Å². The Labute approximate surface area is 147 Å². The number of aryl methyl sites for hydroxylation is 1. The highest BCUT2D eigenvalue weighted by Crippen LogP contribution is 2.28. The molecule has 0 aliphatic carbocycles. The Kier molecular flexibility index (Phi) is 4.92. The van der Waals surface area contributed by atoms with Gasteiger partial charge in [0.25, 0.3) is 5.91 Å². The van der Waals surface area contributed by atoms with Gasteiger partial charge in [-0.25, -0.2) is 4.98 Å². The molecule has 6 nitrogen and oxygen atoms in total. The lowest BCUT2D eigenvalue weighted by atomic mass is 10.0. The number of hydrogen-bond donors (Lipinski definition) is 0. The third-order valence-electron chi connectivity index (χ3n) is 4.09. The molecule has 134 valence electrons. The van der Waals surface area contributed by atoms with Gasteiger partial charge in [0, 0.05) is 32.7 Å². The van der Waals surface area contributed by atoms with E-state index in [0.717, 1.165) is 5.56 Å². The van der Waals surface area contributed by atoms with Crippen LogP contribution in [0.25, 0.3) is 11.3 Å². The SMILES string of the molecule is COCC1CN(C(=O)c2nc(C)oc2-c2ccccc2)CC(C)(C)O1. The first-order valence-electron chi connectivity index (χ1n) is 8.38. The van der Waals surface area contributed by atoms with E-state index in [4.69, 9.17) is 13.9 Å². The fourth-order valence-electron chi connectivity index (χ4n) is 3.23. The van der Waals surface area contributed by atoms with Crippen LogP contribution in [-0.4, -0.2) is 54.3 Å². The molecule has 0 radical (unpaired) electrons. The second-order valence-electron chi connectivity index (χ2n) is 6.92. The van der Waals surface area contributed by atoms with Gasteiger partial charge < -0.3 is 18.8 Å². The first-order valence-corrected chi connectivity index (χ1v) is 8.38. The molecule has 1 fully saturated rings. The molecule has 2 aromatic rings. The number of nitrogens with zero attached hydrogens (tertiary/aromatic N) is 2. The number of aromatic nitrogens is 1. The largest absolute Gasteiger partial charge is 0.440 e. The molecule has 0 N–H and O–H groups in total. The van der Waals surface area contributed by atoms with E-state index in [9.17, 15) is 4.79 Å². The third-order valence-corrected chi connectivity index (χ3v) is 4.09. The maximum absolute atomic E-state index is 13.2. The average molecular weight is 344 g/mol. The van der Waals surface area contributed by atoms with Gasteiger partial charge in [0.2, 0.25) is 0 Å². The van der Waals surface area contributed by atoms with Crippen LogP contribution in [0.2, 0.25) is 0 Å². The zero-order valence-corrected chi connectivity index (χ0v) is 15.1. The molecule has 3 rings (SSSR count). The first kappa shape index (κ1) is 17.6. The Morgan fingerprint density at radius 3 is 2.76 bits per heavy atom. The molecule has 0 spiro atoms. The number of benzene rings is 1. The summed E-state index contributed by atoms with van der Waals surface area (Å²) in [6.45, 7) is 7.10. The maximum Gasteiger partial charge on any atom is 0.276 e. The van der Waals surface area contributed by atoms with Gasteiger partial charge in [-0.2, -0.15) is 0 Å². The predicted octanol–water partition coefficient (Wildman–Crippen LogP) is 2.92. The van der Waals surface area contributed by atoms with Crippen LogP contribution in [0.15, 0.2) is 34.7 Å². The van der Waals surface area contributed by atoms with Crippen LogP contribution in [0.3, 0.4) is 0 Å². The number of carbonyl (C=O) groups is 1. The molecule has 6 heteroatoms. The molecule has 1 aliphatic heterocycles. The van der Waals surface area contributed by atoms with Crippen molar-refractivity contribution in [3.63, 3.8) is 0 Å². The van der Waals surface area contributed by atoms with Crippen LogP contribution in [0, 0.1) is 6.92 Å². The van der Waals surface area contributed by atoms with Crippen LogP contribution >= 0.6 is 0 Å². The molecule has 2 heterocycles. The number of carbonyl (C=O) groups excluding carboxylic acids is 1. The van der Waals surface area contributed by atoms with Crippen LogP contribution in [0.1, 0.15) is 30.2 Å². The van der Waals surface area contributed by atoms with E-state index in [1.165, 1.54) is 0 Å². The molecule has 1 amide bonds. The molecule has 1 aromatic heterocycles. The lowest BCUT2D eigenvalue weighted by Crippen LogP contribution is -2.55. The van der Waals surface area contributed by atoms with Crippen molar-refractivity contribution in [2.24, 2.45) is 0 Å². The minimum absolute atomic E-state index is 0.145. The molecule has 1 aliphatic rings. The van der Waals surface area contributed by atoms with Gasteiger partial charge >= 0.3 is 0 Å². The predicted molar refractivity (Wildman–Crippen MR) is 93.4 cm³/mol. The van der Waals surface area contributed by atoms with E-state index >= 15 is 0 Å². The highest BCUT2D eigenvalue weighted by molar-refractivity contribution is 5.97. The Morgan fingerprint density at radius 2 is 2.08 bits per heavy atom. The van der Waals surface area contributed by atoms with Gasteiger partial charge in [-0.3, -0.25) is 4.79 Å². The molecule has 1 aromatic carbocycles. The molecular formula is C19H24N2O4. The topological polar surface area (TPSA) is 64.8 Å². The lowest BCUT2D eigenvalue weighted by molar-refractivity contribution is -0.143. The zero-order chi connectivity index (χ0) is 18.0. The van der Waals surface area contributed by atoms with E-state index in [0.29, 0.717) is 37.0 Å². The molecule has 1 unspecified atom stereocenters. The van der Waals surface area contributed by atoms with E-state index < -0.39 is 5.60 Å². The Bertz CT molecular complexity index is 739. The van der Waals surface area contributed by atoms with Gasteiger partial charge in [-0.1, -0.05) is 30.3 Å². The lowest BCUT2D eigenvalue weighted by Gasteiger charge is -2.42. The number of methoxy groups -OCH3 is 1. The van der Waals surface area contributed by atoms with Crippen molar-refractivity contribution >= 4 is 5.91 Å². The molecule has 0 saturated carbocycles. The number of ether oxygens (including phenoxy) is 2. The fraction of sp³-hybridized carbons (Fsp3) is 0.474. The van der Waals surface area contributed by atoms with Crippen LogP contribution in [-0.2, 0) is 9.47 Å². The number of amides is 1. The van der Waals surface area contributed by atoms with Gasteiger partial charge in [0.05, 0.1) is 18.3 Å². The van der Waals surface area contributed by atoms with E-state index in [1.807, 2.05) is 44.2 Å². The van der Waals surface area contributed by atoms with E-state index in [2.05, 4.69) is 4.98 Å². The highest BCUT2D eigenvalue weighted by atomic mass is 16.5. The second-order valence-corrected chi connectivity index (χ2v) is 6.92. The number of hydrogen-bond acceptors (Lipinski definition) is 5. The average Bonchev–Trinajstić information content (AvgIpc) is 2.95. The van der Waals surface area contributed by atoms with Crippen molar-refractivity contribution in [2.75, 3.05) is 26.8 Å². The highest BCUT2D eigenvalue weighted by Gasteiger charge is 2.37. The van der Waals surface area contributed by atoms with Crippen molar-refractivity contribution in [1.82, 2.24) is 9.88 Å². The van der Waals surface area contributed by atoms with Crippen LogP contribution < -0.4 is 0 Å². The summed E-state index contributed by atoms with van der Waals surface area (Å²) in [5, 5.41) is 0. The summed E-state index contributed by atoms with van der Waals surface area (Å²) in [5.41, 5.74) is 0.743. The molecular weight excluding hydrogens is 320 g/mol. The number of morpholine rings is 1. The minimum Gasteiger partial charge on any atom is -0.440 e. The Hall–Kier alpha value is -2.18. The van der Waals surface area contributed by atoms with Gasteiger partial charge in [-0.15, -0.1) is 0 Å². The summed E-state index contributed by atoms with van der Waals surface area (Å²) in [7, 11) is 1.63. The maximum atomic E-state index is 13.2. The van der Waals surface area contributed by atoms with Crippen LogP contribution in [0.4, 0.5) is 0 Å². The summed E-state index contributed by atoms with van der Waals surface area (Å²) < 4.78 is 16.9. The summed E-state index contributed by atoms with van der Waals surface area (Å²) in [6, 6.07) is 9.57. The van der Waals surface area contributed by atoms with Crippen molar-refractivity contribution in [2.45, 2.75) is 32.5 Å². The summed E-state index contributed by atoms with van der Waals surface area (Å²) >= 11 is 0. The summed E-state index contributed by atoms with van der Waals surface area (Å²) in [4.78, 5) is 19.3. The van der Waals surface area contributed by atoms with E-state index in [-0.39, 0.29) is 12.0 Å². The van der Waals surface area contributed by atoms with Crippen molar-refractivity contribution in [3.05, 3.63) is 41.9 Å². The standard InChI is InChI=1S/C19H24N2O4/c1-13-20-16(17(24-13)14-8-6-5-7-9-14)18(22)21-10-15(11-23-4)25-19(2,3)12-21/h5-9,15H,10-12H2,1-4H3. The Balaban J connectivity index is 1.90.